The summed E-state index contributed by atoms with van der Waals surface area (Å²) in [6.07, 6.45) is -1.62. The van der Waals surface area contributed by atoms with Crippen molar-refractivity contribution in [1.82, 2.24) is 20.1 Å². The number of anilines is 1. The number of benzene rings is 2. The van der Waals surface area contributed by atoms with Crippen LogP contribution in [0.15, 0.2) is 70.8 Å². The molecule has 1 aliphatic heterocycles. The monoisotopic (exact) mass is 533 g/mol. The van der Waals surface area contributed by atoms with Gasteiger partial charge in [-0.2, -0.15) is 18.3 Å². The predicted molar refractivity (Wildman–Crippen MR) is 122 cm³/mol. The van der Waals surface area contributed by atoms with Gasteiger partial charge >= 0.3 is 6.18 Å². The average Bonchev–Trinajstić information content (AvgIpc) is 3.50. The molecule has 4 aromatic rings. The van der Waals surface area contributed by atoms with Crippen LogP contribution in [0.5, 0.6) is 0 Å². The molecule has 9 nitrogen and oxygen atoms in total. The second-order valence-electron chi connectivity index (χ2n) is 7.63. The Balaban J connectivity index is 1.33. The minimum absolute atomic E-state index is 0.000220. The number of nitrogens with one attached hydrogen (secondary N) is 2. The van der Waals surface area contributed by atoms with E-state index in [9.17, 15) is 31.2 Å². The zero-order chi connectivity index (χ0) is 25.7. The number of carbonyl (C=O) groups is 2. The van der Waals surface area contributed by atoms with Gasteiger partial charge in [-0.3, -0.25) is 9.59 Å². The Hall–Kier alpha value is -4.04. The van der Waals surface area contributed by atoms with Crippen LogP contribution < -0.4 is 10.6 Å². The van der Waals surface area contributed by atoms with E-state index in [2.05, 4.69) is 20.7 Å². The Morgan fingerprint density at radius 2 is 1.89 bits per heavy atom. The van der Waals surface area contributed by atoms with Gasteiger partial charge in [0, 0.05) is 22.8 Å². The molecule has 5 rings (SSSR count). The van der Waals surface area contributed by atoms with E-state index >= 15 is 0 Å². The van der Waals surface area contributed by atoms with E-state index in [1.807, 2.05) is 0 Å². The summed E-state index contributed by atoms with van der Waals surface area (Å²) >= 11 is 1.04. The van der Waals surface area contributed by atoms with Crippen molar-refractivity contribution in [3.05, 3.63) is 82.6 Å². The van der Waals surface area contributed by atoms with Gasteiger partial charge in [0.05, 0.1) is 39.3 Å². The molecule has 2 aromatic heterocycles. The highest BCUT2D eigenvalue weighted by Crippen LogP contribution is 2.34. The lowest BCUT2D eigenvalue weighted by Crippen LogP contribution is -2.22. The quantitative estimate of drug-likeness (QED) is 0.413. The maximum Gasteiger partial charge on any atom is 0.419 e. The van der Waals surface area contributed by atoms with E-state index in [-0.39, 0.29) is 38.3 Å². The van der Waals surface area contributed by atoms with Gasteiger partial charge in [0.1, 0.15) is 0 Å². The summed E-state index contributed by atoms with van der Waals surface area (Å²) in [7, 11) is -4.00. The largest absolute Gasteiger partial charge is 0.419 e. The lowest BCUT2D eigenvalue weighted by atomic mass is 10.1. The summed E-state index contributed by atoms with van der Waals surface area (Å²) in [5, 5.41) is 9.03. The summed E-state index contributed by atoms with van der Waals surface area (Å²) in [5.41, 5.74) is -0.835. The van der Waals surface area contributed by atoms with Crippen LogP contribution in [0.1, 0.15) is 31.2 Å². The Bertz CT molecular complexity index is 1630. The summed E-state index contributed by atoms with van der Waals surface area (Å²) < 4.78 is 65.5. The molecule has 0 bridgehead atoms. The van der Waals surface area contributed by atoms with Gasteiger partial charge in [0.25, 0.3) is 11.8 Å². The second-order valence-corrected chi connectivity index (χ2v) is 10.6. The van der Waals surface area contributed by atoms with Crippen molar-refractivity contribution in [3.8, 4) is 5.13 Å². The number of aromatic nitrogens is 3. The summed E-state index contributed by atoms with van der Waals surface area (Å²) in [6.45, 7) is 0.0110. The van der Waals surface area contributed by atoms with Gasteiger partial charge < -0.3 is 10.6 Å². The molecule has 0 saturated carbocycles. The molecule has 2 aromatic carbocycles. The Labute approximate surface area is 205 Å². The number of rotatable bonds is 4. The van der Waals surface area contributed by atoms with Crippen molar-refractivity contribution in [2.24, 2.45) is 0 Å². The topological polar surface area (TPSA) is 123 Å². The van der Waals surface area contributed by atoms with Crippen molar-refractivity contribution in [2.45, 2.75) is 22.5 Å². The normalized spacial score (nSPS) is 14.4. The third-order valence-electron chi connectivity index (χ3n) is 5.27. The highest BCUT2D eigenvalue weighted by molar-refractivity contribution is 7.91. The number of hydrogen-bond acceptors (Lipinski definition) is 7. The van der Waals surface area contributed by atoms with Crippen LogP contribution in [-0.4, -0.2) is 35.0 Å². The minimum atomic E-state index is -4.53. The van der Waals surface area contributed by atoms with Gasteiger partial charge in [0.2, 0.25) is 15.0 Å². The van der Waals surface area contributed by atoms with Crippen LogP contribution in [-0.2, 0) is 22.6 Å². The van der Waals surface area contributed by atoms with Gasteiger partial charge in [-0.15, -0.1) is 0 Å². The van der Waals surface area contributed by atoms with Crippen molar-refractivity contribution in [2.75, 3.05) is 5.32 Å². The first-order valence-electron chi connectivity index (χ1n) is 10.2. The smallest absolute Gasteiger partial charge is 0.347 e. The molecule has 2 amide bonds. The third kappa shape index (κ3) is 4.24. The SMILES string of the molecule is O=C(NCc1cnc(-n2cc(C(F)(F)F)cn2)s1)c1ccc2c(c1)NC(=O)c1ccccc1S2(=O)=O. The first kappa shape index (κ1) is 23.7. The first-order chi connectivity index (χ1) is 17.0. The highest BCUT2D eigenvalue weighted by Gasteiger charge is 2.33. The fourth-order valence-corrected chi connectivity index (χ4v) is 5.90. The van der Waals surface area contributed by atoms with E-state index in [0.717, 1.165) is 22.2 Å². The molecular weight excluding hydrogens is 519 g/mol. The number of thiazole rings is 1. The first-order valence-corrected chi connectivity index (χ1v) is 12.5. The fourth-order valence-electron chi connectivity index (χ4n) is 3.53. The molecule has 14 heteroatoms. The fraction of sp³-hybridized carbons (Fsp3) is 0.0909. The van der Waals surface area contributed by atoms with Gasteiger partial charge in [-0.25, -0.2) is 18.1 Å². The number of sulfone groups is 1. The van der Waals surface area contributed by atoms with Crippen LogP contribution in [0, 0.1) is 0 Å². The number of carbonyl (C=O) groups excluding carboxylic acids is 2. The number of hydrogen-bond donors (Lipinski definition) is 2. The number of amides is 2. The lowest BCUT2D eigenvalue weighted by Gasteiger charge is -2.10. The van der Waals surface area contributed by atoms with Crippen molar-refractivity contribution in [3.63, 3.8) is 0 Å². The number of alkyl halides is 3. The van der Waals surface area contributed by atoms with E-state index < -0.39 is 33.4 Å². The molecule has 0 fully saturated rings. The number of nitrogens with zero attached hydrogens (tertiary/aromatic N) is 3. The van der Waals surface area contributed by atoms with Crippen LogP contribution in [0.2, 0.25) is 0 Å². The molecule has 184 valence electrons. The standard InChI is InChI=1S/C22H14F3N5O4S2/c23-22(24,25)13-8-28-30(11-13)21-27-10-14(35-21)9-26-19(31)12-5-6-18-16(7-12)29-20(32)15-3-1-2-4-17(15)36(18,33)34/h1-8,10-11H,9H2,(H,26,31)(H,29,32). The minimum Gasteiger partial charge on any atom is -0.347 e. The molecule has 0 spiro atoms. The molecular formula is C22H14F3N5O4S2. The van der Waals surface area contributed by atoms with Crippen LogP contribution in [0.4, 0.5) is 18.9 Å². The highest BCUT2D eigenvalue weighted by atomic mass is 32.2. The Morgan fingerprint density at radius 1 is 1.11 bits per heavy atom. The maximum absolute atomic E-state index is 13.1. The molecule has 1 aliphatic rings. The zero-order valence-corrected chi connectivity index (χ0v) is 19.5. The van der Waals surface area contributed by atoms with Crippen molar-refractivity contribution < 1.29 is 31.2 Å². The van der Waals surface area contributed by atoms with Crippen LogP contribution in [0.25, 0.3) is 5.13 Å². The van der Waals surface area contributed by atoms with Gasteiger partial charge in [-0.1, -0.05) is 23.5 Å². The summed E-state index contributed by atoms with van der Waals surface area (Å²) in [5.74, 6) is -1.17. The molecule has 0 aliphatic carbocycles. The zero-order valence-electron chi connectivity index (χ0n) is 17.9. The summed E-state index contributed by atoms with van der Waals surface area (Å²) in [4.78, 5) is 29.6. The van der Waals surface area contributed by atoms with E-state index in [4.69, 9.17) is 0 Å². The molecule has 2 N–H and O–H groups in total. The Kier molecular flexibility index (Phi) is 5.64. The maximum atomic E-state index is 13.1. The molecule has 0 radical (unpaired) electrons. The van der Waals surface area contributed by atoms with Crippen LogP contribution >= 0.6 is 11.3 Å². The molecule has 0 unspecified atom stereocenters. The summed E-state index contributed by atoms with van der Waals surface area (Å²) in [6, 6.07) is 9.66. The molecule has 36 heavy (non-hydrogen) atoms. The van der Waals surface area contributed by atoms with Crippen molar-refractivity contribution >= 4 is 38.7 Å². The lowest BCUT2D eigenvalue weighted by molar-refractivity contribution is -0.137. The predicted octanol–water partition coefficient (Wildman–Crippen LogP) is 3.68. The number of halogens is 3. The average molecular weight is 534 g/mol. The van der Waals surface area contributed by atoms with Gasteiger partial charge in [0.15, 0.2) is 0 Å². The molecule has 0 saturated heterocycles. The van der Waals surface area contributed by atoms with Crippen molar-refractivity contribution in [1.29, 1.82) is 0 Å². The van der Waals surface area contributed by atoms with E-state index in [0.29, 0.717) is 11.1 Å². The third-order valence-corrected chi connectivity index (χ3v) is 8.13. The van der Waals surface area contributed by atoms with Crippen LogP contribution in [0.3, 0.4) is 0 Å². The van der Waals surface area contributed by atoms with E-state index in [1.54, 1.807) is 6.07 Å². The second kappa shape index (κ2) is 8.57. The molecule has 3 heterocycles. The Morgan fingerprint density at radius 3 is 2.64 bits per heavy atom. The van der Waals surface area contributed by atoms with Gasteiger partial charge in [-0.05, 0) is 30.3 Å². The van der Waals surface area contributed by atoms with E-state index in [1.165, 1.54) is 42.6 Å². The molecule has 0 atom stereocenters. The number of fused-ring (bicyclic) bond motifs is 2.